The molecule has 0 saturated heterocycles. The van der Waals surface area contributed by atoms with E-state index in [-0.39, 0.29) is 0 Å². The van der Waals surface area contributed by atoms with Gasteiger partial charge in [-0.15, -0.1) is 21.5 Å². The molecule has 2 heterocycles. The van der Waals surface area contributed by atoms with Gasteiger partial charge in [0.2, 0.25) is 5.13 Å². The number of hydrogen-bond acceptors (Lipinski definition) is 7. The van der Waals surface area contributed by atoms with Gasteiger partial charge < -0.3 is 10.1 Å². The van der Waals surface area contributed by atoms with Crippen LogP contribution in [0.1, 0.15) is 17.6 Å². The van der Waals surface area contributed by atoms with E-state index < -0.39 is 0 Å². The van der Waals surface area contributed by atoms with Crippen LogP contribution < -0.4 is 5.32 Å². The molecule has 0 fully saturated rings. The molecule has 18 heavy (non-hydrogen) atoms. The van der Waals surface area contributed by atoms with Crippen LogP contribution in [0.5, 0.6) is 0 Å². The SMILES string of the molecule is CCc1nc(CCOC)sc1-c1nnc(NC)s1. The van der Waals surface area contributed by atoms with Gasteiger partial charge in [-0.05, 0) is 6.42 Å². The number of ether oxygens (including phenoxy) is 1. The summed E-state index contributed by atoms with van der Waals surface area (Å²) in [4.78, 5) is 5.78. The predicted molar refractivity (Wildman–Crippen MR) is 75.5 cm³/mol. The monoisotopic (exact) mass is 284 g/mol. The summed E-state index contributed by atoms with van der Waals surface area (Å²) >= 11 is 3.25. The topological polar surface area (TPSA) is 59.9 Å². The van der Waals surface area contributed by atoms with E-state index in [2.05, 4.69) is 27.4 Å². The van der Waals surface area contributed by atoms with Crippen LogP contribution in [-0.4, -0.2) is 35.9 Å². The zero-order valence-electron chi connectivity index (χ0n) is 10.7. The van der Waals surface area contributed by atoms with Gasteiger partial charge in [0.05, 0.1) is 22.2 Å². The van der Waals surface area contributed by atoms with Crippen LogP contribution >= 0.6 is 22.7 Å². The Morgan fingerprint density at radius 3 is 2.72 bits per heavy atom. The normalized spacial score (nSPS) is 10.8. The van der Waals surface area contributed by atoms with Gasteiger partial charge in [0.15, 0.2) is 5.01 Å². The van der Waals surface area contributed by atoms with Crippen LogP contribution in [0.25, 0.3) is 9.88 Å². The molecule has 7 heteroatoms. The maximum atomic E-state index is 5.09. The third-order valence-electron chi connectivity index (χ3n) is 2.43. The standard InChI is InChI=1S/C11H16N4OS2/c1-4-7-9(10-14-15-11(12-2)18-10)17-8(13-7)5-6-16-3/h4-6H2,1-3H3,(H,12,15). The van der Waals surface area contributed by atoms with Gasteiger partial charge in [-0.25, -0.2) is 4.98 Å². The Morgan fingerprint density at radius 1 is 1.28 bits per heavy atom. The lowest BCUT2D eigenvalue weighted by Gasteiger charge is -1.92. The minimum Gasteiger partial charge on any atom is -0.384 e. The molecular formula is C11H16N4OS2. The summed E-state index contributed by atoms with van der Waals surface area (Å²) in [5.74, 6) is 0. The van der Waals surface area contributed by atoms with Gasteiger partial charge in [-0.1, -0.05) is 18.3 Å². The van der Waals surface area contributed by atoms with Crippen molar-refractivity contribution in [3.63, 3.8) is 0 Å². The van der Waals surface area contributed by atoms with E-state index in [1.54, 1.807) is 29.8 Å². The van der Waals surface area contributed by atoms with Crippen LogP contribution in [-0.2, 0) is 17.6 Å². The van der Waals surface area contributed by atoms with Crippen LogP contribution in [0.3, 0.4) is 0 Å². The fourth-order valence-corrected chi connectivity index (χ4v) is 3.44. The van der Waals surface area contributed by atoms with Crippen LogP contribution in [0, 0.1) is 0 Å². The fraction of sp³-hybridized carbons (Fsp3) is 0.545. The van der Waals surface area contributed by atoms with E-state index >= 15 is 0 Å². The molecule has 0 aliphatic carbocycles. The van der Waals surface area contributed by atoms with Gasteiger partial charge in [0.25, 0.3) is 0 Å². The third-order valence-corrected chi connectivity index (χ3v) is 4.68. The maximum absolute atomic E-state index is 5.09. The molecule has 2 aromatic rings. The van der Waals surface area contributed by atoms with Crippen molar-refractivity contribution in [3.05, 3.63) is 10.7 Å². The molecule has 0 bridgehead atoms. The molecule has 0 aliphatic heterocycles. The number of nitrogens with zero attached hydrogens (tertiary/aromatic N) is 3. The van der Waals surface area contributed by atoms with Crippen LogP contribution in [0.15, 0.2) is 0 Å². The van der Waals surface area contributed by atoms with Crippen molar-refractivity contribution in [1.29, 1.82) is 0 Å². The van der Waals surface area contributed by atoms with Gasteiger partial charge in [0.1, 0.15) is 0 Å². The molecule has 2 aromatic heterocycles. The number of aryl methyl sites for hydroxylation is 1. The van der Waals surface area contributed by atoms with Gasteiger partial charge >= 0.3 is 0 Å². The van der Waals surface area contributed by atoms with E-state index in [1.807, 2.05) is 7.05 Å². The average Bonchev–Trinajstić information content (AvgIpc) is 3.02. The molecule has 0 spiro atoms. The summed E-state index contributed by atoms with van der Waals surface area (Å²) in [6.45, 7) is 2.81. The van der Waals surface area contributed by atoms with Crippen molar-refractivity contribution < 1.29 is 4.74 Å². The number of methoxy groups -OCH3 is 1. The summed E-state index contributed by atoms with van der Waals surface area (Å²) in [5.41, 5.74) is 1.10. The molecule has 1 N–H and O–H groups in total. The lowest BCUT2D eigenvalue weighted by Crippen LogP contribution is -1.93. The van der Waals surface area contributed by atoms with Crippen molar-refractivity contribution in [2.24, 2.45) is 0 Å². The molecule has 98 valence electrons. The number of hydrogen-bond donors (Lipinski definition) is 1. The minimum absolute atomic E-state index is 0.702. The molecule has 0 saturated carbocycles. The Bertz CT molecular complexity index is 509. The summed E-state index contributed by atoms with van der Waals surface area (Å²) < 4.78 is 5.09. The van der Waals surface area contributed by atoms with Crippen molar-refractivity contribution in [1.82, 2.24) is 15.2 Å². The number of thiazole rings is 1. The highest BCUT2D eigenvalue weighted by Crippen LogP contribution is 2.34. The highest BCUT2D eigenvalue weighted by atomic mass is 32.1. The van der Waals surface area contributed by atoms with Crippen LogP contribution in [0.2, 0.25) is 0 Å². The quantitative estimate of drug-likeness (QED) is 0.883. The van der Waals surface area contributed by atoms with Crippen molar-refractivity contribution in [2.75, 3.05) is 26.1 Å². The molecule has 0 amide bonds. The van der Waals surface area contributed by atoms with Gasteiger partial charge in [-0.2, -0.15) is 0 Å². The summed E-state index contributed by atoms with van der Waals surface area (Å²) in [5, 5.41) is 14.2. The van der Waals surface area contributed by atoms with E-state index in [1.165, 1.54) is 0 Å². The van der Waals surface area contributed by atoms with Crippen molar-refractivity contribution in [2.45, 2.75) is 19.8 Å². The third kappa shape index (κ3) is 2.85. The number of nitrogens with one attached hydrogen (secondary N) is 1. The summed E-state index contributed by atoms with van der Waals surface area (Å²) in [6, 6.07) is 0. The van der Waals surface area contributed by atoms with Crippen molar-refractivity contribution in [3.8, 4) is 9.88 Å². The average molecular weight is 284 g/mol. The second-order valence-electron chi connectivity index (χ2n) is 3.64. The van der Waals surface area contributed by atoms with E-state index in [4.69, 9.17) is 4.74 Å². The molecule has 0 unspecified atom stereocenters. The first kappa shape index (κ1) is 13.4. The Hall–Kier alpha value is -1.05. The first-order chi connectivity index (χ1) is 8.78. The van der Waals surface area contributed by atoms with Crippen LogP contribution in [0.4, 0.5) is 5.13 Å². The smallest absolute Gasteiger partial charge is 0.205 e. The van der Waals surface area contributed by atoms with Gasteiger partial charge in [-0.3, -0.25) is 0 Å². The second-order valence-corrected chi connectivity index (χ2v) is 5.70. The zero-order valence-corrected chi connectivity index (χ0v) is 12.3. The number of anilines is 1. The van der Waals surface area contributed by atoms with E-state index in [9.17, 15) is 0 Å². The Balaban J connectivity index is 2.27. The Morgan fingerprint density at radius 2 is 2.11 bits per heavy atom. The molecule has 0 aliphatic rings. The first-order valence-corrected chi connectivity index (χ1v) is 7.41. The second kappa shape index (κ2) is 6.21. The molecule has 0 radical (unpaired) electrons. The molecule has 0 atom stereocenters. The predicted octanol–water partition coefficient (Wildman–Crippen LogP) is 2.45. The van der Waals surface area contributed by atoms with E-state index in [0.29, 0.717) is 6.61 Å². The molecule has 5 nitrogen and oxygen atoms in total. The fourth-order valence-electron chi connectivity index (χ4n) is 1.52. The Labute approximate surface area is 114 Å². The Kier molecular flexibility index (Phi) is 4.62. The summed E-state index contributed by atoms with van der Waals surface area (Å²) in [6.07, 6.45) is 1.76. The maximum Gasteiger partial charge on any atom is 0.205 e. The first-order valence-electron chi connectivity index (χ1n) is 5.77. The largest absolute Gasteiger partial charge is 0.384 e. The van der Waals surface area contributed by atoms with Crippen molar-refractivity contribution >= 4 is 27.8 Å². The lowest BCUT2D eigenvalue weighted by molar-refractivity contribution is 0.202. The molecule has 0 aromatic carbocycles. The highest BCUT2D eigenvalue weighted by Gasteiger charge is 2.15. The summed E-state index contributed by atoms with van der Waals surface area (Å²) in [7, 11) is 3.56. The van der Waals surface area contributed by atoms with Gasteiger partial charge in [0, 0.05) is 20.6 Å². The lowest BCUT2D eigenvalue weighted by atomic mass is 10.3. The molecular weight excluding hydrogens is 268 g/mol. The highest BCUT2D eigenvalue weighted by molar-refractivity contribution is 7.23. The number of rotatable bonds is 6. The number of aromatic nitrogens is 3. The minimum atomic E-state index is 0.702. The zero-order chi connectivity index (χ0) is 13.0. The molecule has 2 rings (SSSR count). The van der Waals surface area contributed by atoms with E-state index in [0.717, 1.165) is 38.6 Å².